The summed E-state index contributed by atoms with van der Waals surface area (Å²) in [5.41, 5.74) is 5.74. The number of hydrogen-bond donors (Lipinski definition) is 3. The first kappa shape index (κ1) is 16.9. The minimum atomic E-state index is -0.413. The van der Waals surface area contributed by atoms with Gasteiger partial charge >= 0.3 is 6.03 Å². The monoisotopic (exact) mass is 284 g/mol. The van der Waals surface area contributed by atoms with Crippen molar-refractivity contribution in [3.05, 3.63) is 0 Å². The van der Waals surface area contributed by atoms with E-state index < -0.39 is 6.03 Å². The van der Waals surface area contributed by atoms with Crippen LogP contribution in [0.3, 0.4) is 0 Å². The molecule has 20 heavy (non-hydrogen) atoms. The zero-order chi connectivity index (χ0) is 15.1. The predicted molar refractivity (Wildman–Crippen MR) is 79.1 cm³/mol. The first-order chi connectivity index (χ1) is 9.42. The number of carbonyl (C=O) groups excluding carboxylic acids is 2. The SMILES string of the molecule is CC(C)CNC(=O)NC(=O)CN1CCC(C)C(CN)C1. The second-order valence-corrected chi connectivity index (χ2v) is 6.15. The van der Waals surface area contributed by atoms with Gasteiger partial charge in [-0.2, -0.15) is 0 Å². The van der Waals surface area contributed by atoms with Crippen LogP contribution in [-0.4, -0.2) is 49.6 Å². The maximum absolute atomic E-state index is 11.8. The van der Waals surface area contributed by atoms with Crippen molar-refractivity contribution in [3.8, 4) is 0 Å². The second-order valence-electron chi connectivity index (χ2n) is 6.15. The molecule has 4 N–H and O–H groups in total. The third kappa shape index (κ3) is 5.88. The van der Waals surface area contributed by atoms with E-state index in [1.807, 2.05) is 13.8 Å². The largest absolute Gasteiger partial charge is 0.338 e. The Morgan fingerprint density at radius 1 is 1.40 bits per heavy atom. The molecule has 1 aliphatic rings. The number of urea groups is 1. The minimum Gasteiger partial charge on any atom is -0.338 e. The Balaban J connectivity index is 2.30. The molecule has 116 valence electrons. The lowest BCUT2D eigenvalue weighted by atomic mass is 9.87. The van der Waals surface area contributed by atoms with E-state index in [0.717, 1.165) is 19.5 Å². The highest BCUT2D eigenvalue weighted by atomic mass is 16.2. The van der Waals surface area contributed by atoms with E-state index in [1.165, 1.54) is 0 Å². The van der Waals surface area contributed by atoms with Gasteiger partial charge in [-0.25, -0.2) is 4.79 Å². The lowest BCUT2D eigenvalue weighted by molar-refractivity contribution is -0.121. The molecule has 1 heterocycles. The van der Waals surface area contributed by atoms with E-state index in [9.17, 15) is 9.59 Å². The van der Waals surface area contributed by atoms with Crippen LogP contribution in [0.1, 0.15) is 27.2 Å². The summed E-state index contributed by atoms with van der Waals surface area (Å²) in [6.07, 6.45) is 1.05. The van der Waals surface area contributed by atoms with E-state index in [-0.39, 0.29) is 12.5 Å². The highest BCUT2D eigenvalue weighted by molar-refractivity contribution is 5.95. The number of rotatable bonds is 5. The van der Waals surface area contributed by atoms with Gasteiger partial charge < -0.3 is 11.1 Å². The maximum Gasteiger partial charge on any atom is 0.321 e. The third-order valence-corrected chi connectivity index (χ3v) is 3.79. The molecule has 1 rings (SSSR count). The Bertz CT molecular complexity index is 333. The molecule has 6 nitrogen and oxygen atoms in total. The summed E-state index contributed by atoms with van der Waals surface area (Å²) in [6.45, 7) is 9.40. The van der Waals surface area contributed by atoms with Crippen LogP contribution in [0.4, 0.5) is 4.79 Å². The number of imide groups is 1. The number of carbonyl (C=O) groups is 2. The predicted octanol–water partition coefficient (Wildman–Crippen LogP) is 0.385. The van der Waals surface area contributed by atoms with Crippen molar-refractivity contribution in [2.75, 3.05) is 32.7 Å². The average Bonchev–Trinajstić information content (AvgIpc) is 2.38. The molecule has 0 saturated carbocycles. The van der Waals surface area contributed by atoms with Crippen LogP contribution in [0.5, 0.6) is 0 Å². The van der Waals surface area contributed by atoms with Crippen molar-refractivity contribution < 1.29 is 9.59 Å². The van der Waals surface area contributed by atoms with Crippen LogP contribution >= 0.6 is 0 Å². The Hall–Kier alpha value is -1.14. The highest BCUT2D eigenvalue weighted by Gasteiger charge is 2.26. The number of piperidine rings is 1. The molecule has 0 aromatic carbocycles. The normalized spacial score (nSPS) is 23.6. The zero-order valence-corrected chi connectivity index (χ0v) is 12.8. The molecule has 0 aromatic rings. The summed E-state index contributed by atoms with van der Waals surface area (Å²) < 4.78 is 0. The molecule has 2 atom stereocenters. The van der Waals surface area contributed by atoms with Gasteiger partial charge in [0.2, 0.25) is 5.91 Å². The lowest BCUT2D eigenvalue weighted by Crippen LogP contribution is -2.49. The van der Waals surface area contributed by atoms with Crippen LogP contribution in [0.25, 0.3) is 0 Å². The number of nitrogens with zero attached hydrogens (tertiary/aromatic N) is 1. The fourth-order valence-electron chi connectivity index (χ4n) is 2.39. The topological polar surface area (TPSA) is 87.5 Å². The first-order valence-corrected chi connectivity index (χ1v) is 7.42. The quantitative estimate of drug-likeness (QED) is 0.681. The summed E-state index contributed by atoms with van der Waals surface area (Å²) in [5.74, 6) is 1.15. The lowest BCUT2D eigenvalue weighted by Gasteiger charge is -2.36. The molecule has 0 aromatic heterocycles. The molecule has 2 unspecified atom stereocenters. The molecule has 3 amide bonds. The number of likely N-dealkylation sites (tertiary alicyclic amines) is 1. The fraction of sp³-hybridized carbons (Fsp3) is 0.857. The van der Waals surface area contributed by atoms with Crippen molar-refractivity contribution >= 4 is 11.9 Å². The van der Waals surface area contributed by atoms with Gasteiger partial charge in [-0.15, -0.1) is 0 Å². The van der Waals surface area contributed by atoms with Gasteiger partial charge in [-0.1, -0.05) is 20.8 Å². The van der Waals surface area contributed by atoms with Gasteiger partial charge in [0.15, 0.2) is 0 Å². The van der Waals surface area contributed by atoms with Crippen molar-refractivity contribution in [1.29, 1.82) is 0 Å². The third-order valence-electron chi connectivity index (χ3n) is 3.79. The van der Waals surface area contributed by atoms with Gasteiger partial charge in [-0.05, 0) is 37.3 Å². The van der Waals surface area contributed by atoms with Crippen LogP contribution < -0.4 is 16.4 Å². The van der Waals surface area contributed by atoms with E-state index in [1.54, 1.807) is 0 Å². The number of nitrogens with two attached hydrogens (primary N) is 1. The van der Waals surface area contributed by atoms with E-state index >= 15 is 0 Å². The molecule has 1 aliphatic heterocycles. The van der Waals surface area contributed by atoms with Crippen LogP contribution in [0.15, 0.2) is 0 Å². The summed E-state index contributed by atoms with van der Waals surface area (Å²) >= 11 is 0. The van der Waals surface area contributed by atoms with Gasteiger partial charge in [-0.3, -0.25) is 15.0 Å². The second kappa shape index (κ2) is 8.21. The van der Waals surface area contributed by atoms with Crippen LogP contribution in [0, 0.1) is 17.8 Å². The van der Waals surface area contributed by atoms with Gasteiger partial charge in [0, 0.05) is 13.1 Å². The molecule has 0 spiro atoms. The van der Waals surface area contributed by atoms with E-state index in [2.05, 4.69) is 22.5 Å². The highest BCUT2D eigenvalue weighted by Crippen LogP contribution is 2.21. The Labute approximate surface area is 121 Å². The average molecular weight is 284 g/mol. The summed E-state index contributed by atoms with van der Waals surface area (Å²) in [6, 6.07) is -0.413. The van der Waals surface area contributed by atoms with Crippen molar-refractivity contribution in [2.24, 2.45) is 23.5 Å². The Morgan fingerprint density at radius 3 is 2.70 bits per heavy atom. The van der Waals surface area contributed by atoms with E-state index in [4.69, 9.17) is 5.73 Å². The number of nitrogens with one attached hydrogen (secondary N) is 2. The standard InChI is InChI=1S/C14H28N4O2/c1-10(2)7-16-14(20)17-13(19)9-18-5-4-11(3)12(6-15)8-18/h10-12H,4-9,15H2,1-3H3,(H2,16,17,19,20). The van der Waals surface area contributed by atoms with Crippen LogP contribution in [-0.2, 0) is 4.79 Å². The molecule has 6 heteroatoms. The molecule has 0 radical (unpaired) electrons. The van der Waals surface area contributed by atoms with Gasteiger partial charge in [0.25, 0.3) is 0 Å². The van der Waals surface area contributed by atoms with Crippen molar-refractivity contribution in [3.63, 3.8) is 0 Å². The Kier molecular flexibility index (Phi) is 6.95. The van der Waals surface area contributed by atoms with Crippen LogP contribution in [0.2, 0.25) is 0 Å². The van der Waals surface area contributed by atoms with Gasteiger partial charge in [0.1, 0.15) is 0 Å². The summed E-state index contributed by atoms with van der Waals surface area (Å²) in [4.78, 5) is 25.4. The fourth-order valence-corrected chi connectivity index (χ4v) is 2.39. The molecular weight excluding hydrogens is 256 g/mol. The summed E-state index contributed by atoms with van der Waals surface area (Å²) in [7, 11) is 0. The number of hydrogen-bond acceptors (Lipinski definition) is 4. The smallest absolute Gasteiger partial charge is 0.321 e. The molecule has 1 fully saturated rings. The first-order valence-electron chi connectivity index (χ1n) is 7.42. The zero-order valence-electron chi connectivity index (χ0n) is 12.8. The molecule has 0 aliphatic carbocycles. The maximum atomic E-state index is 11.8. The minimum absolute atomic E-state index is 0.253. The van der Waals surface area contributed by atoms with Crippen molar-refractivity contribution in [1.82, 2.24) is 15.5 Å². The molecule has 1 saturated heterocycles. The number of amides is 3. The Morgan fingerprint density at radius 2 is 2.10 bits per heavy atom. The van der Waals surface area contributed by atoms with Crippen molar-refractivity contribution in [2.45, 2.75) is 27.2 Å². The summed E-state index contributed by atoms with van der Waals surface area (Å²) in [5, 5.41) is 5.03. The van der Waals surface area contributed by atoms with Gasteiger partial charge in [0.05, 0.1) is 6.54 Å². The van der Waals surface area contributed by atoms with E-state index in [0.29, 0.717) is 30.8 Å². The molecular formula is C14H28N4O2. The molecule has 0 bridgehead atoms.